The monoisotopic (exact) mass is 423 g/mol. The summed E-state index contributed by atoms with van der Waals surface area (Å²) in [6.45, 7) is 4.91. The predicted octanol–water partition coefficient (Wildman–Crippen LogP) is 5.51. The molecule has 0 radical (unpaired) electrons. The molecule has 0 unspecified atom stereocenters. The fourth-order valence-corrected chi connectivity index (χ4v) is 8.32. The van der Waals surface area contributed by atoms with Gasteiger partial charge in [-0.2, -0.15) is 0 Å². The first-order chi connectivity index (χ1) is 14.7. The first-order valence-electron chi connectivity index (χ1n) is 12.6. The summed E-state index contributed by atoms with van der Waals surface area (Å²) >= 11 is 0. The van der Waals surface area contributed by atoms with Crippen molar-refractivity contribution in [3.05, 3.63) is 35.4 Å². The van der Waals surface area contributed by atoms with Gasteiger partial charge in [-0.1, -0.05) is 32.1 Å². The Labute approximate surface area is 188 Å². The van der Waals surface area contributed by atoms with E-state index in [-0.39, 0.29) is 17.6 Å². The Morgan fingerprint density at radius 1 is 0.903 bits per heavy atom. The Bertz CT molecular complexity index is 845. The maximum absolute atomic E-state index is 11.5. The van der Waals surface area contributed by atoms with Crippen molar-refractivity contribution in [3.63, 3.8) is 0 Å². The van der Waals surface area contributed by atoms with Gasteiger partial charge in [0.2, 0.25) is 0 Å². The van der Waals surface area contributed by atoms with Crippen LogP contribution in [0.4, 0.5) is 5.69 Å². The molecule has 8 atom stereocenters. The normalized spacial score (nSPS) is 45.7. The van der Waals surface area contributed by atoms with Crippen LogP contribution in [0.1, 0.15) is 70.8 Å². The van der Waals surface area contributed by atoms with Crippen molar-refractivity contribution in [1.29, 1.82) is 0 Å². The molecular formula is C28H41NO2. The molecule has 0 aromatic heterocycles. The van der Waals surface area contributed by atoms with Gasteiger partial charge in [-0.05, 0) is 104 Å². The van der Waals surface area contributed by atoms with Gasteiger partial charge in [0.1, 0.15) is 0 Å². The molecule has 4 aliphatic carbocycles. The van der Waals surface area contributed by atoms with Crippen molar-refractivity contribution in [2.75, 3.05) is 19.0 Å². The van der Waals surface area contributed by atoms with E-state index in [1.54, 1.807) is 0 Å². The van der Waals surface area contributed by atoms with Crippen molar-refractivity contribution in [2.45, 2.75) is 77.4 Å². The molecule has 0 heterocycles. The van der Waals surface area contributed by atoms with Crippen molar-refractivity contribution < 1.29 is 10.2 Å². The lowest BCUT2D eigenvalue weighted by Crippen LogP contribution is -2.54. The number of rotatable bonds is 2. The molecule has 3 nitrogen and oxygen atoms in total. The molecule has 5 rings (SSSR count). The summed E-state index contributed by atoms with van der Waals surface area (Å²) in [7, 11) is 4.14. The minimum absolute atomic E-state index is 0.0218. The lowest BCUT2D eigenvalue weighted by molar-refractivity contribution is -0.133. The van der Waals surface area contributed by atoms with E-state index in [0.29, 0.717) is 17.3 Å². The van der Waals surface area contributed by atoms with Crippen LogP contribution in [0.25, 0.3) is 6.08 Å². The van der Waals surface area contributed by atoms with Gasteiger partial charge in [-0.25, -0.2) is 0 Å². The lowest BCUT2D eigenvalue weighted by Gasteiger charge is -2.60. The molecule has 0 bridgehead atoms. The van der Waals surface area contributed by atoms with E-state index in [4.69, 9.17) is 0 Å². The average Bonchev–Trinajstić information content (AvgIpc) is 2.99. The summed E-state index contributed by atoms with van der Waals surface area (Å²) < 4.78 is 0. The zero-order valence-electron chi connectivity index (χ0n) is 19.8. The molecule has 0 spiro atoms. The molecule has 4 aliphatic rings. The molecule has 4 saturated carbocycles. The maximum Gasteiger partial charge on any atom is 0.0809 e. The molecule has 2 N–H and O–H groups in total. The number of benzene rings is 1. The van der Waals surface area contributed by atoms with E-state index in [1.165, 1.54) is 42.5 Å². The van der Waals surface area contributed by atoms with Crippen LogP contribution in [-0.2, 0) is 0 Å². The van der Waals surface area contributed by atoms with E-state index < -0.39 is 0 Å². The van der Waals surface area contributed by atoms with Gasteiger partial charge in [0.25, 0.3) is 0 Å². The number of anilines is 1. The smallest absolute Gasteiger partial charge is 0.0809 e. The van der Waals surface area contributed by atoms with Gasteiger partial charge >= 0.3 is 0 Å². The van der Waals surface area contributed by atoms with Crippen LogP contribution in [0.5, 0.6) is 0 Å². The van der Waals surface area contributed by atoms with Gasteiger partial charge in [0.15, 0.2) is 0 Å². The minimum atomic E-state index is -0.314. The summed E-state index contributed by atoms with van der Waals surface area (Å²) in [5, 5.41) is 21.7. The second-order valence-corrected chi connectivity index (χ2v) is 11.9. The first-order valence-corrected chi connectivity index (χ1v) is 12.6. The third-order valence-corrected chi connectivity index (χ3v) is 10.3. The van der Waals surface area contributed by atoms with Gasteiger partial charge in [0, 0.05) is 25.2 Å². The van der Waals surface area contributed by atoms with Gasteiger partial charge in [-0.15, -0.1) is 0 Å². The highest BCUT2D eigenvalue weighted by atomic mass is 16.3. The zero-order chi connectivity index (χ0) is 22.0. The summed E-state index contributed by atoms with van der Waals surface area (Å²) in [6.07, 6.45) is 11.1. The highest BCUT2D eigenvalue weighted by Crippen LogP contribution is 2.67. The number of nitrogens with zero attached hydrogens (tertiary/aromatic N) is 1. The molecule has 170 valence electrons. The van der Waals surface area contributed by atoms with Crippen molar-refractivity contribution >= 4 is 11.8 Å². The van der Waals surface area contributed by atoms with Crippen LogP contribution in [0.3, 0.4) is 0 Å². The summed E-state index contributed by atoms with van der Waals surface area (Å²) in [5.74, 6) is 2.78. The van der Waals surface area contributed by atoms with E-state index in [9.17, 15) is 10.2 Å². The molecular weight excluding hydrogens is 382 g/mol. The van der Waals surface area contributed by atoms with Crippen molar-refractivity contribution in [1.82, 2.24) is 0 Å². The summed E-state index contributed by atoms with van der Waals surface area (Å²) in [6, 6.07) is 8.69. The largest absolute Gasteiger partial charge is 0.393 e. The Morgan fingerprint density at radius 2 is 1.61 bits per heavy atom. The molecule has 4 fully saturated rings. The molecule has 3 heteroatoms. The summed E-state index contributed by atoms with van der Waals surface area (Å²) in [5.41, 5.74) is 4.07. The maximum atomic E-state index is 11.5. The fraction of sp³-hybridized carbons (Fsp3) is 0.714. The summed E-state index contributed by atoms with van der Waals surface area (Å²) in [4.78, 5) is 2.12. The van der Waals surface area contributed by atoms with Crippen LogP contribution >= 0.6 is 0 Å². The SMILES string of the molecule is CN(C)c1ccc(/C=C2\C[C@H]3[C@@H]4CC[C@@H]5C[C@H](O)CC[C@]5(C)[C@H]4CC[C@]3(C)[C@@H]2O)cc1. The Kier molecular flexibility index (Phi) is 5.29. The first kappa shape index (κ1) is 21.5. The van der Waals surface area contributed by atoms with Crippen molar-refractivity contribution in [2.24, 2.45) is 34.5 Å². The average molecular weight is 424 g/mol. The Balaban J connectivity index is 1.40. The predicted molar refractivity (Wildman–Crippen MR) is 128 cm³/mol. The molecule has 1 aromatic rings. The standard InChI is InChI=1S/C28H41NO2/c1-27-13-11-22(30)17-20(27)7-10-23-24(27)12-14-28(2)25(23)16-19(26(28)31)15-18-5-8-21(9-6-18)29(3)4/h5-6,8-9,15,20,22-26,30-31H,7,10-14,16-17H2,1-4H3/b19-15+/t20-,22-,23-,24+,25+,26-,27+,28+/m1/s1. The quantitative estimate of drug-likeness (QED) is 0.659. The number of aliphatic hydroxyl groups excluding tert-OH is 2. The Morgan fingerprint density at radius 3 is 2.32 bits per heavy atom. The third kappa shape index (κ3) is 3.38. The fourth-order valence-electron chi connectivity index (χ4n) is 8.32. The molecule has 0 saturated heterocycles. The van der Waals surface area contributed by atoms with Crippen LogP contribution in [0, 0.1) is 34.5 Å². The van der Waals surface area contributed by atoms with E-state index in [0.717, 1.165) is 37.5 Å². The highest BCUT2D eigenvalue weighted by Gasteiger charge is 2.61. The third-order valence-electron chi connectivity index (χ3n) is 10.3. The van der Waals surface area contributed by atoms with Gasteiger partial charge < -0.3 is 15.1 Å². The Hall–Kier alpha value is -1.32. The van der Waals surface area contributed by atoms with Gasteiger partial charge in [-0.3, -0.25) is 0 Å². The second-order valence-electron chi connectivity index (χ2n) is 11.9. The minimum Gasteiger partial charge on any atom is -0.393 e. The molecule has 0 aliphatic heterocycles. The molecule has 0 amide bonds. The van der Waals surface area contributed by atoms with Crippen molar-refractivity contribution in [3.8, 4) is 0 Å². The van der Waals surface area contributed by atoms with Crippen LogP contribution < -0.4 is 4.90 Å². The topological polar surface area (TPSA) is 43.7 Å². The van der Waals surface area contributed by atoms with Gasteiger partial charge in [0.05, 0.1) is 12.2 Å². The van der Waals surface area contributed by atoms with E-state index in [2.05, 4.69) is 63.2 Å². The number of hydrogen-bond acceptors (Lipinski definition) is 3. The number of aliphatic hydroxyl groups is 2. The lowest BCUT2D eigenvalue weighted by atomic mass is 9.45. The van der Waals surface area contributed by atoms with Crippen LogP contribution in [-0.4, -0.2) is 36.5 Å². The van der Waals surface area contributed by atoms with Crippen LogP contribution in [0.2, 0.25) is 0 Å². The number of hydrogen-bond donors (Lipinski definition) is 2. The second kappa shape index (κ2) is 7.63. The van der Waals surface area contributed by atoms with E-state index >= 15 is 0 Å². The number of fused-ring (bicyclic) bond motifs is 5. The molecule has 1 aromatic carbocycles. The van der Waals surface area contributed by atoms with E-state index in [1.807, 2.05) is 0 Å². The zero-order valence-corrected chi connectivity index (χ0v) is 19.8. The van der Waals surface area contributed by atoms with Crippen LogP contribution in [0.15, 0.2) is 29.8 Å². The highest BCUT2D eigenvalue weighted by molar-refractivity contribution is 5.59. The molecule has 31 heavy (non-hydrogen) atoms.